The molecule has 10 N–H and O–H groups in total. The minimum absolute atomic E-state index is 0.0424. The number of primary amides is 2. The molecule has 0 aromatic heterocycles. The van der Waals surface area contributed by atoms with Crippen LogP contribution >= 0.6 is 45.2 Å². The molecule has 0 aliphatic carbocycles. The van der Waals surface area contributed by atoms with Gasteiger partial charge in [-0.25, -0.2) is 4.79 Å². The highest BCUT2D eigenvalue weighted by atomic mass is 127. The molecule has 5 atom stereocenters. The number of hydrogen-bond acceptors (Lipinski definition) is 8. The lowest BCUT2D eigenvalue weighted by molar-refractivity contribution is -0.142. The molecule has 0 spiro atoms. The number of carbonyl (C=O) groups is 7. The quantitative estimate of drug-likeness (QED) is 0.0361. The van der Waals surface area contributed by atoms with Crippen LogP contribution in [0.2, 0.25) is 0 Å². The molecule has 61 heavy (non-hydrogen) atoms. The number of nitrogens with two attached hydrogens (primary N) is 2. The smallest absolute Gasteiger partial charge is 0.326 e. The van der Waals surface area contributed by atoms with E-state index < -0.39 is 66.1 Å². The van der Waals surface area contributed by atoms with Crippen molar-refractivity contribution in [3.05, 3.63) is 60.7 Å². The fourth-order valence-corrected chi connectivity index (χ4v) is 8.64. The predicted octanol–water partition coefficient (Wildman–Crippen LogP) is 5.28. The molecule has 2 aromatic carbocycles. The van der Waals surface area contributed by atoms with E-state index in [9.17, 15) is 43.8 Å². The molecule has 0 saturated carbocycles. The van der Waals surface area contributed by atoms with Crippen LogP contribution in [0.3, 0.4) is 0 Å². The topological polar surface area (TPSA) is 260 Å². The Morgan fingerprint density at radius 2 is 1.08 bits per heavy atom. The summed E-state index contributed by atoms with van der Waals surface area (Å²) in [5.41, 5.74) is 12.4. The summed E-state index contributed by atoms with van der Waals surface area (Å²) in [6, 6.07) is 8.00. The van der Waals surface area contributed by atoms with Gasteiger partial charge in [-0.1, -0.05) is 115 Å². The highest BCUT2D eigenvalue weighted by molar-refractivity contribution is 14.1. The molecule has 2 rings (SSSR count). The van der Waals surface area contributed by atoms with E-state index >= 15 is 0 Å². The first-order valence-corrected chi connectivity index (χ1v) is 23.4. The minimum Gasteiger partial charge on any atom is -0.506 e. The first-order chi connectivity index (χ1) is 29.0. The second kappa shape index (κ2) is 29.3. The lowest BCUT2D eigenvalue weighted by Crippen LogP contribution is -2.55. The number of carbonyl (C=O) groups excluding carboxylic acids is 6. The SMILES string of the molecule is CCC(C)[C@H](NC(=O)CCCCCCCCCCCCCCC(=O)N[C@@H](CC(N)=O)C(=O)N[C@@H](Cc1ccccc1)C(=O)O)C(=O)N[C@@H](Cc1cc(I)c(O)c(I)c1)C(N)=O. The number of unbranched alkanes of at least 4 members (excludes halogenated alkanes) is 11. The Morgan fingerprint density at radius 1 is 0.623 bits per heavy atom. The number of nitrogens with one attached hydrogen (secondary N) is 4. The van der Waals surface area contributed by atoms with Crippen molar-refractivity contribution in [2.75, 3.05) is 0 Å². The summed E-state index contributed by atoms with van der Waals surface area (Å²) < 4.78 is 1.25. The Labute approximate surface area is 386 Å². The van der Waals surface area contributed by atoms with Crippen LogP contribution < -0.4 is 32.7 Å². The first kappa shape index (κ1) is 53.1. The molecule has 0 aliphatic rings. The molecule has 0 heterocycles. The van der Waals surface area contributed by atoms with Crippen LogP contribution in [0.4, 0.5) is 0 Å². The second-order valence-corrected chi connectivity index (χ2v) is 18.0. The summed E-state index contributed by atoms with van der Waals surface area (Å²) in [4.78, 5) is 87.3. The highest BCUT2D eigenvalue weighted by Gasteiger charge is 2.30. The number of hydrogen-bond donors (Lipinski definition) is 8. The molecule has 0 bridgehead atoms. The van der Waals surface area contributed by atoms with Gasteiger partial charge in [0.25, 0.3) is 0 Å². The fraction of sp³-hybridized carbons (Fsp3) is 0.568. The molecule has 0 radical (unpaired) electrons. The molecule has 17 heteroatoms. The van der Waals surface area contributed by atoms with E-state index in [1.165, 1.54) is 0 Å². The standard InChI is InChI=1S/C44H64I2N6O9/c1-3-28(2)39(43(59)50-33(41(48)57)26-30-23-31(45)40(56)32(46)24-30)52-38(55)22-18-13-11-9-7-5-4-6-8-10-12-17-21-37(54)49-34(27-36(47)53)42(58)51-35(44(60)61)25-29-19-15-14-16-20-29/h14-16,19-20,23-24,28,33-35,39,56H,3-13,17-18,21-22,25-27H2,1-2H3,(H2,47,53)(H2,48,57)(H,49,54)(H,50,59)(H,51,58)(H,52,55)(H,60,61)/t28?,33-,34-,35-,39-/m0/s1. The minimum atomic E-state index is -1.27. The lowest BCUT2D eigenvalue weighted by Gasteiger charge is -2.26. The monoisotopic (exact) mass is 1070 g/mol. The van der Waals surface area contributed by atoms with Gasteiger partial charge in [0.15, 0.2) is 0 Å². The van der Waals surface area contributed by atoms with Crippen LogP contribution in [0.5, 0.6) is 5.75 Å². The highest BCUT2D eigenvalue weighted by Crippen LogP contribution is 2.28. The summed E-state index contributed by atoms with van der Waals surface area (Å²) >= 11 is 4.01. The third kappa shape index (κ3) is 21.6. The van der Waals surface area contributed by atoms with Gasteiger partial charge in [0.1, 0.15) is 29.9 Å². The summed E-state index contributed by atoms with van der Waals surface area (Å²) in [5, 5.41) is 30.3. The lowest BCUT2D eigenvalue weighted by atomic mass is 9.97. The molecule has 6 amide bonds. The van der Waals surface area contributed by atoms with Gasteiger partial charge >= 0.3 is 5.97 Å². The van der Waals surface area contributed by atoms with Crippen LogP contribution in [0.25, 0.3) is 0 Å². The van der Waals surface area contributed by atoms with Crippen LogP contribution in [-0.4, -0.2) is 75.8 Å². The Morgan fingerprint density at radius 3 is 1.54 bits per heavy atom. The van der Waals surface area contributed by atoms with E-state index in [1.807, 2.05) is 59.0 Å². The Hall–Kier alpha value is -4.01. The Kier molecular flexibility index (Phi) is 25.5. The molecule has 2 aromatic rings. The number of halogens is 2. The predicted molar refractivity (Wildman–Crippen MR) is 250 cm³/mol. The van der Waals surface area contributed by atoms with Gasteiger partial charge < -0.3 is 42.9 Å². The molecule has 15 nitrogen and oxygen atoms in total. The summed E-state index contributed by atoms with van der Waals surface area (Å²) in [5.74, 6) is -4.57. The number of rotatable bonds is 31. The average molecular weight is 1070 g/mol. The zero-order valence-corrected chi connectivity index (χ0v) is 39.6. The number of aliphatic carboxylic acids is 1. The summed E-state index contributed by atoms with van der Waals surface area (Å²) in [6.45, 7) is 3.81. The van der Waals surface area contributed by atoms with Crippen molar-refractivity contribution in [2.24, 2.45) is 17.4 Å². The van der Waals surface area contributed by atoms with Gasteiger partial charge in [0.2, 0.25) is 35.4 Å². The molecule has 338 valence electrons. The van der Waals surface area contributed by atoms with Gasteiger partial charge in [0, 0.05) is 25.7 Å². The maximum absolute atomic E-state index is 13.3. The Balaban J connectivity index is 1.59. The molecular weight excluding hydrogens is 1010 g/mol. The van der Waals surface area contributed by atoms with Gasteiger partial charge in [-0.2, -0.15) is 0 Å². The van der Waals surface area contributed by atoms with E-state index in [0.29, 0.717) is 38.4 Å². The maximum atomic E-state index is 13.3. The van der Waals surface area contributed by atoms with E-state index in [4.69, 9.17) is 11.5 Å². The number of aromatic hydroxyl groups is 1. The number of phenolic OH excluding ortho intramolecular Hbond substituents is 1. The third-order valence-corrected chi connectivity index (χ3v) is 12.1. The van der Waals surface area contributed by atoms with Gasteiger partial charge in [-0.05, 0) is 87.2 Å². The van der Waals surface area contributed by atoms with E-state index in [1.54, 1.807) is 42.5 Å². The van der Waals surface area contributed by atoms with E-state index in [-0.39, 0.29) is 36.8 Å². The largest absolute Gasteiger partial charge is 0.506 e. The van der Waals surface area contributed by atoms with Crippen molar-refractivity contribution in [1.82, 2.24) is 21.3 Å². The number of amides is 6. The molecule has 0 aliphatic heterocycles. The van der Waals surface area contributed by atoms with Crippen LogP contribution in [0.15, 0.2) is 42.5 Å². The van der Waals surface area contributed by atoms with Crippen molar-refractivity contribution >= 4 is 86.6 Å². The average Bonchev–Trinajstić information content (AvgIpc) is 3.20. The van der Waals surface area contributed by atoms with Crippen molar-refractivity contribution < 1.29 is 43.8 Å². The number of carboxylic acid groups (broad SMARTS) is 1. The maximum Gasteiger partial charge on any atom is 0.326 e. The fourth-order valence-electron chi connectivity index (χ4n) is 6.74. The van der Waals surface area contributed by atoms with Gasteiger partial charge in [-0.3, -0.25) is 28.8 Å². The van der Waals surface area contributed by atoms with Crippen molar-refractivity contribution in [3.8, 4) is 5.75 Å². The molecule has 0 fully saturated rings. The number of phenols is 1. The van der Waals surface area contributed by atoms with Crippen molar-refractivity contribution in [3.63, 3.8) is 0 Å². The molecule has 0 saturated heterocycles. The zero-order chi connectivity index (χ0) is 45.3. The number of carboxylic acids is 1. The first-order valence-electron chi connectivity index (χ1n) is 21.2. The van der Waals surface area contributed by atoms with E-state index in [0.717, 1.165) is 69.8 Å². The molecular formula is C44H64I2N6O9. The van der Waals surface area contributed by atoms with Crippen LogP contribution in [0.1, 0.15) is 128 Å². The zero-order valence-electron chi connectivity index (χ0n) is 35.3. The Bertz CT molecular complexity index is 1730. The van der Waals surface area contributed by atoms with Crippen molar-refractivity contribution in [2.45, 2.75) is 154 Å². The third-order valence-electron chi connectivity index (χ3n) is 10.5. The van der Waals surface area contributed by atoms with Crippen LogP contribution in [-0.2, 0) is 46.4 Å². The van der Waals surface area contributed by atoms with Gasteiger partial charge in [0.05, 0.1) is 13.6 Å². The van der Waals surface area contributed by atoms with Gasteiger partial charge in [-0.15, -0.1) is 0 Å². The summed E-state index contributed by atoms with van der Waals surface area (Å²) in [6.07, 6.45) is 12.4. The van der Waals surface area contributed by atoms with Crippen LogP contribution in [0, 0.1) is 13.1 Å². The normalized spacial score (nSPS) is 13.5. The van der Waals surface area contributed by atoms with E-state index in [2.05, 4.69) is 21.3 Å². The summed E-state index contributed by atoms with van der Waals surface area (Å²) in [7, 11) is 0. The second-order valence-electron chi connectivity index (χ2n) is 15.6. The van der Waals surface area contributed by atoms with Crippen molar-refractivity contribution in [1.29, 1.82) is 0 Å². The number of benzene rings is 2. The molecule has 1 unspecified atom stereocenters.